The molecule has 0 spiro atoms. The van der Waals surface area contributed by atoms with E-state index >= 15 is 0 Å². The Balaban J connectivity index is 1.55. The number of sulfonamides is 1. The van der Waals surface area contributed by atoms with Gasteiger partial charge in [0.2, 0.25) is 5.91 Å². The number of nitrogens with one attached hydrogen (secondary N) is 1. The quantitative estimate of drug-likeness (QED) is 0.745. The first-order valence-corrected chi connectivity index (χ1v) is 11.9. The van der Waals surface area contributed by atoms with Crippen LogP contribution in [0.3, 0.4) is 0 Å². The van der Waals surface area contributed by atoms with Crippen LogP contribution in [0.4, 0.5) is 5.69 Å². The number of thiophene rings is 1. The lowest BCUT2D eigenvalue weighted by atomic mass is 9.97. The Morgan fingerprint density at radius 3 is 2.50 bits per heavy atom. The number of anilines is 1. The predicted molar refractivity (Wildman–Crippen MR) is 113 cm³/mol. The van der Waals surface area contributed by atoms with Crippen LogP contribution in [-0.4, -0.2) is 56.3 Å². The van der Waals surface area contributed by atoms with Gasteiger partial charge in [0.05, 0.1) is 6.54 Å². The number of para-hydroxylation sites is 1. The molecule has 1 amide bonds. The molecule has 3 rings (SSSR count). The number of nitrogens with zero attached hydrogens (tertiary/aromatic N) is 2. The van der Waals surface area contributed by atoms with Gasteiger partial charge in [-0.15, -0.1) is 11.3 Å². The average molecular weight is 422 g/mol. The van der Waals surface area contributed by atoms with Gasteiger partial charge in [0.1, 0.15) is 4.21 Å². The molecule has 0 radical (unpaired) electrons. The van der Waals surface area contributed by atoms with E-state index in [1.54, 1.807) is 17.5 Å². The number of carbonyl (C=O) groups excluding carboxylic acids is 1. The molecule has 0 aliphatic carbocycles. The zero-order valence-electron chi connectivity index (χ0n) is 16.3. The fourth-order valence-corrected chi connectivity index (χ4v) is 5.89. The summed E-state index contributed by atoms with van der Waals surface area (Å²) in [4.78, 5) is 14.5. The summed E-state index contributed by atoms with van der Waals surface area (Å²) < 4.78 is 27.1. The molecule has 1 saturated heterocycles. The predicted octanol–water partition coefficient (Wildman–Crippen LogP) is 3.21. The van der Waals surface area contributed by atoms with Crippen LogP contribution in [0.5, 0.6) is 0 Å². The lowest BCUT2D eigenvalue weighted by Crippen LogP contribution is -2.50. The Morgan fingerprint density at radius 2 is 1.86 bits per heavy atom. The van der Waals surface area contributed by atoms with E-state index in [0.29, 0.717) is 36.3 Å². The fraction of sp³-hybridized carbons (Fsp3) is 0.450. The van der Waals surface area contributed by atoms with Crippen molar-refractivity contribution in [1.29, 1.82) is 0 Å². The van der Waals surface area contributed by atoms with Gasteiger partial charge in [0, 0.05) is 31.9 Å². The second-order valence-corrected chi connectivity index (χ2v) is 10.2. The minimum absolute atomic E-state index is 0.0645. The van der Waals surface area contributed by atoms with Crippen LogP contribution in [0.25, 0.3) is 0 Å². The SMILES string of the molecule is CC[C@@H](C)c1ccccc1NC(=O)CN1CCN(S(=O)(=O)c2cccs2)CC1. The molecular formula is C20H27N3O3S2. The van der Waals surface area contributed by atoms with Crippen LogP contribution < -0.4 is 5.32 Å². The number of amides is 1. The van der Waals surface area contributed by atoms with E-state index in [0.717, 1.165) is 17.7 Å². The lowest BCUT2D eigenvalue weighted by molar-refractivity contribution is -0.117. The van der Waals surface area contributed by atoms with Gasteiger partial charge in [-0.1, -0.05) is 38.1 Å². The zero-order valence-corrected chi connectivity index (χ0v) is 17.9. The molecule has 6 nitrogen and oxygen atoms in total. The first kappa shape index (κ1) is 21.0. The second-order valence-electron chi connectivity index (χ2n) is 7.06. The Kier molecular flexibility index (Phi) is 6.87. The minimum atomic E-state index is -3.41. The highest BCUT2D eigenvalue weighted by atomic mass is 32.2. The largest absolute Gasteiger partial charge is 0.325 e. The summed E-state index contributed by atoms with van der Waals surface area (Å²) in [5.74, 6) is 0.313. The molecule has 8 heteroatoms. The average Bonchev–Trinajstić information content (AvgIpc) is 3.24. The highest BCUT2D eigenvalue weighted by Crippen LogP contribution is 2.26. The lowest BCUT2D eigenvalue weighted by Gasteiger charge is -2.33. The maximum absolute atomic E-state index is 12.6. The van der Waals surface area contributed by atoms with Crippen molar-refractivity contribution in [2.24, 2.45) is 0 Å². The van der Waals surface area contributed by atoms with Crippen molar-refractivity contribution >= 4 is 33.0 Å². The van der Waals surface area contributed by atoms with Crippen LogP contribution >= 0.6 is 11.3 Å². The Labute approximate surface area is 171 Å². The van der Waals surface area contributed by atoms with Gasteiger partial charge in [-0.05, 0) is 35.4 Å². The third kappa shape index (κ3) is 4.81. The van der Waals surface area contributed by atoms with Gasteiger partial charge in [-0.2, -0.15) is 4.31 Å². The van der Waals surface area contributed by atoms with Crippen molar-refractivity contribution in [3.63, 3.8) is 0 Å². The smallest absolute Gasteiger partial charge is 0.252 e. The van der Waals surface area contributed by atoms with Crippen LogP contribution in [-0.2, 0) is 14.8 Å². The van der Waals surface area contributed by atoms with Gasteiger partial charge in [-0.25, -0.2) is 8.42 Å². The normalized spacial score (nSPS) is 17.4. The van der Waals surface area contributed by atoms with Crippen molar-refractivity contribution in [3.05, 3.63) is 47.3 Å². The van der Waals surface area contributed by atoms with E-state index in [1.807, 2.05) is 23.1 Å². The standard InChI is InChI=1S/C20H27N3O3S2/c1-3-16(2)17-7-4-5-8-18(17)21-19(24)15-22-10-12-23(13-11-22)28(25,26)20-9-6-14-27-20/h4-9,14,16H,3,10-13,15H2,1-2H3,(H,21,24)/t16-/m1/s1. The first-order valence-electron chi connectivity index (χ1n) is 9.56. The third-order valence-electron chi connectivity index (χ3n) is 5.17. The van der Waals surface area contributed by atoms with Crippen LogP contribution in [0.2, 0.25) is 0 Å². The van der Waals surface area contributed by atoms with Crippen molar-refractivity contribution in [3.8, 4) is 0 Å². The summed E-state index contributed by atoms with van der Waals surface area (Å²) >= 11 is 1.23. The third-order valence-corrected chi connectivity index (χ3v) is 8.44. The molecule has 28 heavy (non-hydrogen) atoms. The van der Waals surface area contributed by atoms with E-state index < -0.39 is 10.0 Å². The molecule has 1 aromatic carbocycles. The molecule has 2 heterocycles. The van der Waals surface area contributed by atoms with E-state index in [-0.39, 0.29) is 12.5 Å². The van der Waals surface area contributed by atoms with Gasteiger partial charge >= 0.3 is 0 Å². The number of hydrogen-bond donors (Lipinski definition) is 1. The molecular weight excluding hydrogens is 394 g/mol. The summed E-state index contributed by atoms with van der Waals surface area (Å²) in [5.41, 5.74) is 2.01. The molecule has 1 atom stereocenters. The maximum Gasteiger partial charge on any atom is 0.252 e. The topological polar surface area (TPSA) is 69.7 Å². The van der Waals surface area contributed by atoms with Crippen LogP contribution in [0.1, 0.15) is 31.7 Å². The molecule has 0 saturated carbocycles. The van der Waals surface area contributed by atoms with Crippen molar-refractivity contribution in [2.75, 3.05) is 38.0 Å². The highest BCUT2D eigenvalue weighted by molar-refractivity contribution is 7.91. The van der Waals surface area contributed by atoms with E-state index in [2.05, 4.69) is 25.2 Å². The second kappa shape index (κ2) is 9.17. The van der Waals surface area contributed by atoms with E-state index in [1.165, 1.54) is 15.6 Å². The minimum Gasteiger partial charge on any atom is -0.325 e. The summed E-state index contributed by atoms with van der Waals surface area (Å²) in [6, 6.07) is 11.3. The van der Waals surface area contributed by atoms with Gasteiger partial charge in [0.25, 0.3) is 10.0 Å². The molecule has 0 unspecified atom stereocenters. The molecule has 1 aliphatic heterocycles. The monoisotopic (exact) mass is 421 g/mol. The molecule has 1 aromatic heterocycles. The first-order chi connectivity index (χ1) is 13.4. The summed E-state index contributed by atoms with van der Waals surface area (Å²) in [5, 5.41) is 4.79. The van der Waals surface area contributed by atoms with Crippen molar-refractivity contribution < 1.29 is 13.2 Å². The number of hydrogen-bond acceptors (Lipinski definition) is 5. The van der Waals surface area contributed by atoms with E-state index in [4.69, 9.17) is 0 Å². The molecule has 152 valence electrons. The van der Waals surface area contributed by atoms with Crippen molar-refractivity contribution in [2.45, 2.75) is 30.4 Å². The highest BCUT2D eigenvalue weighted by Gasteiger charge is 2.29. The molecule has 1 N–H and O–H groups in total. The maximum atomic E-state index is 12.6. The number of piperazine rings is 1. The molecule has 1 aliphatic rings. The number of carbonyl (C=O) groups is 1. The summed E-state index contributed by atoms with van der Waals surface area (Å²) in [7, 11) is -3.41. The Morgan fingerprint density at radius 1 is 1.14 bits per heavy atom. The Bertz CT molecular complexity index is 889. The Hall–Kier alpha value is -1.74. The van der Waals surface area contributed by atoms with Gasteiger partial charge in [0.15, 0.2) is 0 Å². The van der Waals surface area contributed by atoms with Crippen LogP contribution in [0, 0.1) is 0 Å². The van der Waals surface area contributed by atoms with Crippen molar-refractivity contribution in [1.82, 2.24) is 9.21 Å². The van der Waals surface area contributed by atoms with Crippen LogP contribution in [0.15, 0.2) is 46.0 Å². The van der Waals surface area contributed by atoms with Gasteiger partial charge < -0.3 is 5.32 Å². The number of rotatable bonds is 7. The summed E-state index contributed by atoms with van der Waals surface area (Å²) in [6.45, 7) is 6.44. The molecule has 2 aromatic rings. The molecule has 1 fully saturated rings. The zero-order chi connectivity index (χ0) is 20.1. The summed E-state index contributed by atoms with van der Waals surface area (Å²) in [6.07, 6.45) is 1.01. The van der Waals surface area contributed by atoms with Gasteiger partial charge in [-0.3, -0.25) is 9.69 Å². The molecule has 0 bridgehead atoms. The van der Waals surface area contributed by atoms with E-state index in [9.17, 15) is 13.2 Å². The number of benzene rings is 1. The fourth-order valence-electron chi connectivity index (χ4n) is 3.32.